The first-order chi connectivity index (χ1) is 7.13. The number of methoxy groups -OCH3 is 2. The molecule has 0 saturated carbocycles. The lowest BCUT2D eigenvalue weighted by molar-refractivity contribution is 0.140. The maximum atomic E-state index is 12.5. The molecule has 0 atom stereocenters. The van der Waals surface area contributed by atoms with Gasteiger partial charge in [0.2, 0.25) is 0 Å². The van der Waals surface area contributed by atoms with Crippen molar-refractivity contribution in [3.05, 3.63) is 17.3 Å². The zero-order valence-electron chi connectivity index (χ0n) is 8.33. The molecular formula is C9H11F2NO3. The van der Waals surface area contributed by atoms with Crippen LogP contribution in [-0.4, -0.2) is 24.3 Å². The van der Waals surface area contributed by atoms with Crippen molar-refractivity contribution in [2.75, 3.05) is 14.2 Å². The molecule has 0 aromatic carbocycles. The van der Waals surface area contributed by atoms with Crippen molar-refractivity contribution < 1.29 is 23.4 Å². The molecule has 0 aliphatic carbocycles. The summed E-state index contributed by atoms with van der Waals surface area (Å²) in [6.45, 7) is -0.521. The minimum absolute atomic E-state index is 0.0231. The summed E-state index contributed by atoms with van der Waals surface area (Å²) in [5.41, 5.74) is -0.460. The van der Waals surface area contributed by atoms with E-state index in [2.05, 4.69) is 4.98 Å². The zero-order chi connectivity index (χ0) is 11.4. The van der Waals surface area contributed by atoms with Crippen LogP contribution in [0.2, 0.25) is 0 Å². The summed E-state index contributed by atoms with van der Waals surface area (Å²) in [7, 11) is 2.67. The lowest BCUT2D eigenvalue weighted by Crippen LogP contribution is -2.03. The van der Waals surface area contributed by atoms with E-state index in [0.717, 1.165) is 0 Å². The van der Waals surface area contributed by atoms with E-state index in [1.54, 1.807) is 0 Å². The Morgan fingerprint density at radius 2 is 2.07 bits per heavy atom. The summed E-state index contributed by atoms with van der Waals surface area (Å²) < 4.78 is 34.6. The second kappa shape index (κ2) is 4.88. The average Bonchev–Trinajstić information content (AvgIpc) is 2.26. The van der Waals surface area contributed by atoms with Crippen molar-refractivity contribution in [2.24, 2.45) is 0 Å². The summed E-state index contributed by atoms with van der Waals surface area (Å²) in [6, 6.07) is 1.29. The standard InChI is InChI=1S/C9H11F2NO3/c1-14-6-3-5(4-13)7(8(10)11)12-9(6)15-2/h3,8,13H,4H2,1-2H3. The molecular weight excluding hydrogens is 208 g/mol. The van der Waals surface area contributed by atoms with Crippen LogP contribution in [0, 0.1) is 0 Å². The predicted molar refractivity (Wildman–Crippen MR) is 48.2 cm³/mol. The van der Waals surface area contributed by atoms with E-state index in [9.17, 15) is 8.78 Å². The molecule has 0 radical (unpaired) electrons. The number of rotatable bonds is 4. The molecule has 0 unspecified atom stereocenters. The summed E-state index contributed by atoms with van der Waals surface area (Å²) in [4.78, 5) is 3.58. The Morgan fingerprint density at radius 1 is 1.40 bits per heavy atom. The monoisotopic (exact) mass is 219 g/mol. The third-order valence-electron chi connectivity index (χ3n) is 1.86. The van der Waals surface area contributed by atoms with Gasteiger partial charge in [-0.2, -0.15) is 0 Å². The summed E-state index contributed by atoms with van der Waals surface area (Å²) in [5, 5.41) is 8.88. The molecule has 15 heavy (non-hydrogen) atoms. The summed E-state index contributed by atoms with van der Waals surface area (Å²) in [6.07, 6.45) is -2.76. The van der Waals surface area contributed by atoms with Gasteiger partial charge in [-0.3, -0.25) is 0 Å². The van der Waals surface area contributed by atoms with Crippen molar-refractivity contribution >= 4 is 0 Å². The van der Waals surface area contributed by atoms with E-state index in [0.29, 0.717) is 0 Å². The molecule has 0 bridgehead atoms. The highest BCUT2D eigenvalue weighted by atomic mass is 19.3. The van der Waals surface area contributed by atoms with E-state index in [-0.39, 0.29) is 17.2 Å². The molecule has 0 spiro atoms. The second-order valence-corrected chi connectivity index (χ2v) is 2.70. The second-order valence-electron chi connectivity index (χ2n) is 2.70. The first kappa shape index (κ1) is 11.6. The number of alkyl halides is 2. The van der Waals surface area contributed by atoms with Gasteiger partial charge >= 0.3 is 0 Å². The number of nitrogens with zero attached hydrogens (tertiary/aromatic N) is 1. The fourth-order valence-corrected chi connectivity index (χ4v) is 1.14. The predicted octanol–water partition coefficient (Wildman–Crippen LogP) is 1.53. The van der Waals surface area contributed by atoms with Gasteiger partial charge in [0.1, 0.15) is 5.69 Å². The van der Waals surface area contributed by atoms with E-state index < -0.39 is 18.7 Å². The molecule has 1 heterocycles. The van der Waals surface area contributed by atoms with Crippen LogP contribution < -0.4 is 9.47 Å². The fraction of sp³-hybridized carbons (Fsp3) is 0.444. The van der Waals surface area contributed by atoms with Gasteiger partial charge in [0, 0.05) is 5.56 Å². The van der Waals surface area contributed by atoms with Gasteiger partial charge in [0.15, 0.2) is 5.75 Å². The smallest absolute Gasteiger partial charge is 0.280 e. The molecule has 1 aromatic rings. The van der Waals surface area contributed by atoms with Crippen molar-refractivity contribution in [3.8, 4) is 11.6 Å². The first-order valence-corrected chi connectivity index (χ1v) is 4.14. The van der Waals surface area contributed by atoms with Crippen molar-refractivity contribution in [1.29, 1.82) is 0 Å². The number of hydrogen-bond acceptors (Lipinski definition) is 4. The summed E-state index contributed by atoms with van der Waals surface area (Å²) in [5.74, 6) is 0.191. The van der Waals surface area contributed by atoms with Crippen LogP contribution in [-0.2, 0) is 6.61 Å². The lowest BCUT2D eigenvalue weighted by atomic mass is 10.2. The maximum absolute atomic E-state index is 12.5. The van der Waals surface area contributed by atoms with Crippen molar-refractivity contribution in [3.63, 3.8) is 0 Å². The number of aromatic nitrogens is 1. The molecule has 4 nitrogen and oxygen atoms in total. The Kier molecular flexibility index (Phi) is 3.79. The highest BCUT2D eigenvalue weighted by Crippen LogP contribution is 2.31. The van der Waals surface area contributed by atoms with Crippen molar-refractivity contribution in [2.45, 2.75) is 13.0 Å². The Labute approximate surface area is 85.5 Å². The van der Waals surface area contributed by atoms with Gasteiger partial charge in [-0.15, -0.1) is 0 Å². The summed E-state index contributed by atoms with van der Waals surface area (Å²) >= 11 is 0. The molecule has 1 rings (SSSR count). The molecule has 1 N–H and O–H groups in total. The number of aliphatic hydroxyl groups excluding tert-OH is 1. The number of aliphatic hydroxyl groups is 1. The Hall–Kier alpha value is -1.43. The van der Waals surface area contributed by atoms with Crippen LogP contribution >= 0.6 is 0 Å². The van der Waals surface area contributed by atoms with E-state index >= 15 is 0 Å². The quantitative estimate of drug-likeness (QED) is 0.834. The Morgan fingerprint density at radius 3 is 2.47 bits per heavy atom. The molecule has 0 fully saturated rings. The van der Waals surface area contributed by atoms with Gasteiger partial charge in [-0.1, -0.05) is 0 Å². The molecule has 1 aromatic heterocycles. The molecule has 0 saturated heterocycles. The van der Waals surface area contributed by atoms with Crippen LogP contribution in [0.1, 0.15) is 17.7 Å². The van der Waals surface area contributed by atoms with E-state index in [4.69, 9.17) is 14.6 Å². The normalized spacial score (nSPS) is 10.5. The van der Waals surface area contributed by atoms with E-state index in [1.807, 2.05) is 0 Å². The molecule has 0 aliphatic heterocycles. The zero-order valence-corrected chi connectivity index (χ0v) is 8.33. The van der Waals surface area contributed by atoms with Gasteiger partial charge in [0.25, 0.3) is 12.3 Å². The van der Waals surface area contributed by atoms with Crippen molar-refractivity contribution in [1.82, 2.24) is 4.98 Å². The van der Waals surface area contributed by atoms with Crippen LogP contribution in [0.5, 0.6) is 11.6 Å². The Balaban J connectivity index is 3.27. The van der Waals surface area contributed by atoms with Crippen LogP contribution in [0.25, 0.3) is 0 Å². The number of pyridine rings is 1. The molecule has 0 aliphatic rings. The van der Waals surface area contributed by atoms with Gasteiger partial charge in [0.05, 0.1) is 20.8 Å². The molecule has 84 valence electrons. The SMILES string of the molecule is COc1cc(CO)c(C(F)F)nc1OC. The molecule has 0 amide bonds. The average molecular weight is 219 g/mol. The highest BCUT2D eigenvalue weighted by Gasteiger charge is 2.19. The molecule has 6 heteroatoms. The van der Waals surface area contributed by atoms with E-state index in [1.165, 1.54) is 20.3 Å². The third-order valence-corrected chi connectivity index (χ3v) is 1.86. The number of ether oxygens (including phenoxy) is 2. The third kappa shape index (κ3) is 2.33. The fourth-order valence-electron chi connectivity index (χ4n) is 1.14. The minimum atomic E-state index is -2.76. The highest BCUT2D eigenvalue weighted by molar-refractivity contribution is 5.40. The van der Waals surface area contributed by atoms with Crippen LogP contribution in [0.3, 0.4) is 0 Å². The van der Waals surface area contributed by atoms with Gasteiger partial charge in [-0.25, -0.2) is 13.8 Å². The Bertz CT molecular complexity index is 344. The van der Waals surface area contributed by atoms with Gasteiger partial charge in [-0.05, 0) is 6.07 Å². The number of halogens is 2. The van der Waals surface area contributed by atoms with Gasteiger partial charge < -0.3 is 14.6 Å². The minimum Gasteiger partial charge on any atom is -0.491 e. The first-order valence-electron chi connectivity index (χ1n) is 4.14. The number of hydrogen-bond donors (Lipinski definition) is 1. The van der Waals surface area contributed by atoms with Crippen LogP contribution in [0.15, 0.2) is 6.07 Å². The maximum Gasteiger partial charge on any atom is 0.280 e. The topological polar surface area (TPSA) is 51.6 Å². The largest absolute Gasteiger partial charge is 0.491 e. The van der Waals surface area contributed by atoms with Crippen LogP contribution in [0.4, 0.5) is 8.78 Å². The lowest BCUT2D eigenvalue weighted by Gasteiger charge is -2.11.